The zero-order chi connectivity index (χ0) is 21.8. The first kappa shape index (κ1) is 19.6. The second-order valence-corrected chi connectivity index (χ2v) is 7.31. The maximum absolute atomic E-state index is 13.7. The van der Waals surface area contributed by atoms with Gasteiger partial charge in [0.2, 0.25) is 5.95 Å². The third-order valence-corrected chi connectivity index (χ3v) is 5.02. The molecule has 1 aliphatic rings. The third-order valence-electron chi connectivity index (χ3n) is 5.02. The van der Waals surface area contributed by atoms with Gasteiger partial charge in [-0.05, 0) is 12.1 Å². The largest absolute Gasteiger partial charge is 0.420 e. The smallest absolute Gasteiger partial charge is 0.350 e. The van der Waals surface area contributed by atoms with Gasteiger partial charge in [0.05, 0.1) is 17.4 Å². The minimum absolute atomic E-state index is 0.0546. The number of H-pyrrole nitrogens is 1. The molecule has 0 radical (unpaired) electrons. The van der Waals surface area contributed by atoms with Gasteiger partial charge in [-0.3, -0.25) is 5.10 Å². The molecular weight excluding hydrogens is 423 g/mol. The van der Waals surface area contributed by atoms with Crippen LogP contribution in [0.2, 0.25) is 0 Å². The van der Waals surface area contributed by atoms with Crippen LogP contribution in [-0.2, 0) is 6.18 Å². The molecule has 1 fully saturated rings. The number of aromatic amines is 1. The molecule has 1 atom stereocenters. The third kappa shape index (κ3) is 3.54. The molecule has 4 aromatic heterocycles. The van der Waals surface area contributed by atoms with E-state index in [2.05, 4.69) is 35.9 Å². The van der Waals surface area contributed by atoms with Crippen molar-refractivity contribution in [1.82, 2.24) is 35.1 Å². The molecule has 0 unspecified atom stereocenters. The minimum atomic E-state index is -4.75. The van der Waals surface area contributed by atoms with Crippen LogP contribution in [0, 0.1) is 0 Å². The van der Waals surface area contributed by atoms with Gasteiger partial charge in [-0.1, -0.05) is 6.07 Å². The highest BCUT2D eigenvalue weighted by atomic mass is 19.4. The summed E-state index contributed by atoms with van der Waals surface area (Å²) in [7, 11) is 0. The van der Waals surface area contributed by atoms with Crippen LogP contribution in [0.5, 0.6) is 0 Å². The highest BCUT2D eigenvalue weighted by Crippen LogP contribution is 2.38. The van der Waals surface area contributed by atoms with Gasteiger partial charge in [0.15, 0.2) is 5.65 Å². The van der Waals surface area contributed by atoms with E-state index >= 15 is 0 Å². The first-order valence-electron chi connectivity index (χ1n) is 9.32. The van der Waals surface area contributed by atoms with Gasteiger partial charge in [0, 0.05) is 31.4 Å². The van der Waals surface area contributed by atoms with Crippen molar-refractivity contribution in [3.8, 4) is 11.4 Å². The molecule has 8 nitrogen and oxygen atoms in total. The summed E-state index contributed by atoms with van der Waals surface area (Å²) in [4.78, 5) is 7.74. The first-order chi connectivity index (χ1) is 14.7. The lowest BCUT2D eigenvalue weighted by molar-refractivity contribution is -0.137. The maximum atomic E-state index is 13.7. The fraction of sp³-hybridized carbons (Fsp3) is 0.333. The van der Waals surface area contributed by atoms with E-state index in [1.54, 1.807) is 24.4 Å². The van der Waals surface area contributed by atoms with E-state index < -0.39 is 42.4 Å². The summed E-state index contributed by atoms with van der Waals surface area (Å²) in [6.45, 7) is -0.250. The molecule has 13 heteroatoms. The molecule has 1 aliphatic heterocycles. The number of nitrogens with zero attached hydrogens (tertiary/aromatic N) is 5. The van der Waals surface area contributed by atoms with Crippen LogP contribution in [0.25, 0.3) is 27.9 Å². The van der Waals surface area contributed by atoms with Crippen LogP contribution in [0.4, 0.5) is 27.9 Å². The van der Waals surface area contributed by atoms with Crippen molar-refractivity contribution in [2.75, 3.05) is 18.4 Å². The number of hydrogen-bond acceptors (Lipinski definition) is 6. The molecule has 1 saturated heterocycles. The summed E-state index contributed by atoms with van der Waals surface area (Å²) in [5.41, 5.74) is -0.780. The summed E-state index contributed by atoms with van der Waals surface area (Å²) in [6, 6.07) is 4.40. The van der Waals surface area contributed by atoms with Gasteiger partial charge in [0.1, 0.15) is 17.0 Å². The zero-order valence-corrected chi connectivity index (χ0v) is 15.7. The van der Waals surface area contributed by atoms with Gasteiger partial charge in [0.25, 0.3) is 5.92 Å². The first-order valence-corrected chi connectivity index (χ1v) is 9.32. The fourth-order valence-electron chi connectivity index (χ4n) is 3.70. The molecule has 5 rings (SSSR count). The Kier molecular flexibility index (Phi) is 4.32. The number of halogens is 5. The van der Waals surface area contributed by atoms with Crippen LogP contribution in [0.1, 0.15) is 12.0 Å². The molecule has 0 bridgehead atoms. The Morgan fingerprint density at radius 1 is 1.19 bits per heavy atom. The molecule has 0 spiro atoms. The molecule has 5 heterocycles. The topological polar surface area (TPSA) is 95.8 Å². The Hall–Kier alpha value is -3.35. The van der Waals surface area contributed by atoms with Crippen molar-refractivity contribution in [3.63, 3.8) is 0 Å². The lowest BCUT2D eigenvalue weighted by Crippen LogP contribution is -2.49. The quantitative estimate of drug-likeness (QED) is 0.426. The molecule has 0 aliphatic carbocycles. The Labute approximate surface area is 170 Å². The average molecular weight is 438 g/mol. The van der Waals surface area contributed by atoms with Gasteiger partial charge < -0.3 is 10.6 Å². The van der Waals surface area contributed by atoms with Gasteiger partial charge in [-0.15, -0.1) is 5.10 Å². The summed E-state index contributed by atoms with van der Waals surface area (Å²) >= 11 is 0. The number of anilines is 1. The Bertz CT molecular complexity index is 1260. The van der Waals surface area contributed by atoms with Gasteiger partial charge in [-0.25, -0.2) is 23.3 Å². The highest BCUT2D eigenvalue weighted by molar-refractivity contribution is 6.02. The molecule has 4 aromatic rings. The monoisotopic (exact) mass is 438 g/mol. The Balaban J connectivity index is 1.62. The van der Waals surface area contributed by atoms with Crippen molar-refractivity contribution in [2.45, 2.75) is 24.6 Å². The van der Waals surface area contributed by atoms with Crippen LogP contribution >= 0.6 is 0 Å². The molecule has 0 amide bonds. The number of fused-ring (bicyclic) bond motifs is 3. The zero-order valence-electron chi connectivity index (χ0n) is 15.7. The van der Waals surface area contributed by atoms with Crippen molar-refractivity contribution in [3.05, 3.63) is 36.2 Å². The van der Waals surface area contributed by atoms with E-state index in [0.29, 0.717) is 22.7 Å². The maximum Gasteiger partial charge on any atom is 0.420 e. The molecule has 0 saturated carbocycles. The van der Waals surface area contributed by atoms with Crippen LogP contribution in [0.15, 0.2) is 30.6 Å². The SMILES string of the molecule is FC1(F)CNC[C@@H](Nc2ncc(C(F)(F)F)c(-c3n[nH]c4nn5ccccc5c34)n2)C1. The van der Waals surface area contributed by atoms with E-state index in [1.807, 2.05) is 0 Å². The molecule has 0 aromatic carbocycles. The van der Waals surface area contributed by atoms with Crippen LogP contribution in [-0.4, -0.2) is 54.8 Å². The van der Waals surface area contributed by atoms with E-state index in [4.69, 9.17) is 0 Å². The molecule has 3 N–H and O–H groups in total. The van der Waals surface area contributed by atoms with Crippen LogP contribution < -0.4 is 10.6 Å². The van der Waals surface area contributed by atoms with E-state index in [1.165, 1.54) is 4.52 Å². The van der Waals surface area contributed by atoms with Crippen molar-refractivity contribution in [1.29, 1.82) is 0 Å². The Morgan fingerprint density at radius 3 is 2.81 bits per heavy atom. The van der Waals surface area contributed by atoms with Crippen molar-refractivity contribution in [2.24, 2.45) is 0 Å². The predicted molar refractivity (Wildman–Crippen MR) is 101 cm³/mol. The van der Waals surface area contributed by atoms with Crippen LogP contribution in [0.3, 0.4) is 0 Å². The number of piperidine rings is 1. The van der Waals surface area contributed by atoms with E-state index in [9.17, 15) is 22.0 Å². The summed E-state index contributed by atoms with van der Waals surface area (Å²) in [6.07, 6.45) is -2.95. The number of aromatic nitrogens is 6. The molecular formula is C18H15F5N8. The van der Waals surface area contributed by atoms with E-state index in [-0.39, 0.29) is 18.2 Å². The van der Waals surface area contributed by atoms with Crippen molar-refractivity contribution >= 4 is 22.5 Å². The number of nitrogens with one attached hydrogen (secondary N) is 3. The second-order valence-electron chi connectivity index (χ2n) is 7.31. The normalized spacial score (nSPS) is 19.2. The number of rotatable bonds is 3. The fourth-order valence-corrected chi connectivity index (χ4v) is 3.70. The highest BCUT2D eigenvalue weighted by Gasteiger charge is 2.39. The minimum Gasteiger partial charge on any atom is -0.350 e. The lowest BCUT2D eigenvalue weighted by atomic mass is 10.0. The predicted octanol–water partition coefficient (Wildman–Crippen LogP) is 3.10. The van der Waals surface area contributed by atoms with Gasteiger partial charge >= 0.3 is 6.18 Å². The summed E-state index contributed by atoms with van der Waals surface area (Å²) in [5, 5.41) is 16.5. The standard InChI is InChI=1S/C18H15F5N8/c19-17(20)5-9(6-24-8-17)26-16-25-7-10(18(21,22)23)13(27-16)14-12-11-3-1-2-4-31(11)30-15(12)29-28-14/h1-4,7,9,24H,5-6,8H2,(H,29,30)(H,25,26,27)/t9-/m0/s1. The number of pyridine rings is 1. The molecule has 162 valence electrons. The average Bonchev–Trinajstić information content (AvgIpc) is 3.25. The van der Waals surface area contributed by atoms with Gasteiger partial charge in [-0.2, -0.15) is 18.3 Å². The summed E-state index contributed by atoms with van der Waals surface area (Å²) in [5.74, 6) is -3.13. The second kappa shape index (κ2) is 6.83. The number of alkyl halides is 5. The van der Waals surface area contributed by atoms with E-state index in [0.717, 1.165) is 0 Å². The molecule has 31 heavy (non-hydrogen) atoms. The Morgan fingerprint density at radius 2 is 2.03 bits per heavy atom. The lowest BCUT2D eigenvalue weighted by Gasteiger charge is -2.30. The number of hydrogen-bond donors (Lipinski definition) is 3. The van der Waals surface area contributed by atoms with Crippen molar-refractivity contribution < 1.29 is 22.0 Å². The summed E-state index contributed by atoms with van der Waals surface area (Å²) < 4.78 is 69.9.